The Labute approximate surface area is 246 Å². The number of fused-ring (bicyclic) bond motifs is 4. The first-order chi connectivity index (χ1) is 19.2. The monoisotopic (exact) mass is 701 g/mol. The van der Waals surface area contributed by atoms with Crippen LogP contribution < -0.4 is 4.74 Å². The molecule has 0 fully saturated rings. The van der Waals surface area contributed by atoms with Gasteiger partial charge in [-0.25, -0.2) is 9.97 Å². The van der Waals surface area contributed by atoms with Gasteiger partial charge in [0.05, 0.1) is 0 Å². The number of para-hydroxylation sites is 1. The molecule has 0 aliphatic heterocycles. The summed E-state index contributed by atoms with van der Waals surface area (Å²) in [5.74, 6) is 1.86. The number of phenols is 1. The van der Waals surface area contributed by atoms with Crippen molar-refractivity contribution in [1.29, 1.82) is 0 Å². The number of nitrogens with zero attached hydrogens (tertiary/aromatic N) is 3. The largest absolute Gasteiger partial charge is 0.506 e. The Morgan fingerprint density at radius 3 is 2.48 bits per heavy atom. The van der Waals surface area contributed by atoms with Crippen molar-refractivity contribution in [3.63, 3.8) is 0 Å². The number of benzene rings is 4. The average molecular weight is 702 g/mol. The Bertz CT molecular complexity index is 2000. The van der Waals surface area contributed by atoms with E-state index in [1.807, 2.05) is 79.0 Å². The molecule has 40 heavy (non-hydrogen) atoms. The Balaban J connectivity index is 0.00000289. The third-order valence-corrected chi connectivity index (χ3v) is 7.11. The molecule has 7 aromatic rings. The van der Waals surface area contributed by atoms with Crippen molar-refractivity contribution in [2.75, 3.05) is 0 Å². The molecule has 3 heterocycles. The van der Waals surface area contributed by atoms with Gasteiger partial charge in [-0.05, 0) is 64.9 Å². The second-order valence-corrected chi connectivity index (χ2v) is 9.46. The number of aromatic hydroxyl groups is 1. The number of pyridine rings is 2. The predicted octanol–water partition coefficient (Wildman–Crippen LogP) is 8.25. The molecular formula is C34H24N3O2Pt-. The van der Waals surface area contributed by atoms with Crippen molar-refractivity contribution in [2.45, 2.75) is 13.3 Å². The smallest absolute Gasteiger partial charge is 0.217 e. The summed E-state index contributed by atoms with van der Waals surface area (Å²) in [4.78, 5) is 9.35. The van der Waals surface area contributed by atoms with Gasteiger partial charge in [0.15, 0.2) is 0 Å². The number of phenolic OH excluding ortho intramolecular Hbond substituents is 1. The minimum absolute atomic E-state index is 0. The van der Waals surface area contributed by atoms with E-state index in [-0.39, 0.29) is 26.8 Å². The second-order valence-electron chi connectivity index (χ2n) is 9.46. The van der Waals surface area contributed by atoms with Crippen LogP contribution in [0.4, 0.5) is 0 Å². The van der Waals surface area contributed by atoms with Gasteiger partial charge in [0, 0.05) is 50.0 Å². The van der Waals surface area contributed by atoms with Crippen LogP contribution in [0.2, 0.25) is 0 Å². The number of aryl methyl sites for hydroxylation is 1. The summed E-state index contributed by atoms with van der Waals surface area (Å²) in [6.07, 6.45) is 2.78. The Morgan fingerprint density at radius 1 is 0.825 bits per heavy atom. The van der Waals surface area contributed by atoms with Gasteiger partial charge in [0.2, 0.25) is 5.88 Å². The summed E-state index contributed by atoms with van der Waals surface area (Å²) < 4.78 is 8.34. The maximum Gasteiger partial charge on any atom is 0.217 e. The van der Waals surface area contributed by atoms with Crippen molar-refractivity contribution in [1.82, 2.24) is 14.5 Å². The van der Waals surface area contributed by atoms with Gasteiger partial charge in [0.1, 0.15) is 17.1 Å². The predicted molar refractivity (Wildman–Crippen MR) is 156 cm³/mol. The quantitative estimate of drug-likeness (QED) is 0.184. The third kappa shape index (κ3) is 4.43. The van der Waals surface area contributed by atoms with Crippen LogP contribution >= 0.6 is 0 Å². The van der Waals surface area contributed by atoms with E-state index < -0.39 is 0 Å². The molecule has 0 saturated carbocycles. The molecule has 0 unspecified atom stereocenters. The topological polar surface area (TPSA) is 60.2 Å². The van der Waals surface area contributed by atoms with Crippen LogP contribution in [0.3, 0.4) is 0 Å². The van der Waals surface area contributed by atoms with Crippen molar-refractivity contribution in [3.05, 3.63) is 121 Å². The summed E-state index contributed by atoms with van der Waals surface area (Å²) in [6, 6.07) is 37.3. The number of rotatable bonds is 5. The minimum Gasteiger partial charge on any atom is -0.506 e. The van der Waals surface area contributed by atoms with E-state index in [1.54, 1.807) is 6.07 Å². The zero-order valence-corrected chi connectivity index (χ0v) is 23.9. The molecule has 0 atom stereocenters. The van der Waals surface area contributed by atoms with E-state index >= 15 is 0 Å². The molecule has 1 N–H and O–H groups in total. The van der Waals surface area contributed by atoms with Gasteiger partial charge in [-0.15, -0.1) is 17.5 Å². The first-order valence-corrected chi connectivity index (χ1v) is 13.0. The van der Waals surface area contributed by atoms with E-state index in [2.05, 4.69) is 51.8 Å². The summed E-state index contributed by atoms with van der Waals surface area (Å²) >= 11 is 0. The Hall–Kier alpha value is -4.47. The standard InChI is InChI=1S/C34H24N3O2.Pt/c1-2-22-18-19-35-32(20-22)37-29-11-7-6-10-26(29)27-13-12-24(21-30(27)37)39-33-17-15-28-25(23-8-4-3-5-9-23)14-16-31(38)34(28)36-33;/h3-20,38H,2H2,1H3;/q-1;. The fourth-order valence-corrected chi connectivity index (χ4v) is 5.20. The van der Waals surface area contributed by atoms with Crippen LogP contribution in [0, 0.1) is 6.07 Å². The van der Waals surface area contributed by atoms with Crippen molar-refractivity contribution in [3.8, 4) is 34.3 Å². The SMILES string of the molecule is CCc1ccnc(-n2c3[c-]c(Oc4ccc5c(-c6ccccc6)ccc(O)c5n4)ccc3c3ccccc32)c1.[Pt]. The minimum atomic E-state index is 0. The van der Waals surface area contributed by atoms with Crippen LogP contribution in [0.1, 0.15) is 12.5 Å². The Kier molecular flexibility index (Phi) is 6.83. The summed E-state index contributed by atoms with van der Waals surface area (Å²) in [6.45, 7) is 2.14. The van der Waals surface area contributed by atoms with E-state index in [9.17, 15) is 5.11 Å². The maximum atomic E-state index is 10.6. The first kappa shape index (κ1) is 25.8. The third-order valence-electron chi connectivity index (χ3n) is 7.11. The van der Waals surface area contributed by atoms with Crippen LogP contribution in [0.5, 0.6) is 17.4 Å². The molecule has 0 spiro atoms. The normalized spacial score (nSPS) is 11.1. The van der Waals surface area contributed by atoms with Gasteiger partial charge < -0.3 is 14.4 Å². The number of aromatic nitrogens is 3. The number of ether oxygens (including phenoxy) is 1. The van der Waals surface area contributed by atoms with Crippen molar-refractivity contribution >= 4 is 32.7 Å². The van der Waals surface area contributed by atoms with Crippen LogP contribution in [-0.2, 0) is 27.5 Å². The summed E-state index contributed by atoms with van der Waals surface area (Å²) in [5, 5.41) is 13.7. The van der Waals surface area contributed by atoms with Crippen LogP contribution in [0.25, 0.3) is 49.7 Å². The fourth-order valence-electron chi connectivity index (χ4n) is 5.20. The molecule has 3 aromatic heterocycles. The molecular weight excluding hydrogens is 677 g/mol. The van der Waals surface area contributed by atoms with E-state index in [0.717, 1.165) is 50.6 Å². The molecule has 4 aromatic carbocycles. The molecule has 198 valence electrons. The number of hydrogen-bond donors (Lipinski definition) is 1. The molecule has 0 aliphatic carbocycles. The fraction of sp³-hybridized carbons (Fsp3) is 0.0588. The first-order valence-electron chi connectivity index (χ1n) is 13.0. The van der Waals surface area contributed by atoms with E-state index in [4.69, 9.17) is 4.74 Å². The van der Waals surface area contributed by atoms with Crippen LogP contribution in [-0.4, -0.2) is 19.6 Å². The zero-order chi connectivity index (χ0) is 26.3. The molecule has 7 rings (SSSR count). The molecule has 0 bridgehead atoms. The van der Waals surface area contributed by atoms with Gasteiger partial charge >= 0.3 is 0 Å². The zero-order valence-electron chi connectivity index (χ0n) is 21.6. The van der Waals surface area contributed by atoms with Gasteiger partial charge in [-0.2, -0.15) is 6.07 Å². The molecule has 0 radical (unpaired) electrons. The molecule has 0 aliphatic rings. The van der Waals surface area contributed by atoms with Gasteiger partial charge in [0.25, 0.3) is 0 Å². The average Bonchev–Trinajstić information content (AvgIpc) is 3.31. The Morgan fingerprint density at radius 2 is 1.62 bits per heavy atom. The molecule has 6 heteroatoms. The van der Waals surface area contributed by atoms with Crippen molar-refractivity contribution in [2.24, 2.45) is 0 Å². The second kappa shape index (κ2) is 10.6. The van der Waals surface area contributed by atoms with E-state index in [0.29, 0.717) is 17.1 Å². The number of hydrogen-bond acceptors (Lipinski definition) is 4. The van der Waals surface area contributed by atoms with E-state index in [1.165, 1.54) is 5.56 Å². The summed E-state index contributed by atoms with van der Waals surface area (Å²) in [7, 11) is 0. The molecule has 0 saturated heterocycles. The van der Waals surface area contributed by atoms with Gasteiger partial charge in [-0.1, -0.05) is 61.0 Å². The summed E-state index contributed by atoms with van der Waals surface area (Å²) in [5.41, 5.74) is 5.71. The van der Waals surface area contributed by atoms with Crippen molar-refractivity contribution < 1.29 is 30.9 Å². The maximum absolute atomic E-state index is 10.6. The van der Waals surface area contributed by atoms with Gasteiger partial charge in [-0.3, -0.25) is 0 Å². The molecule has 5 nitrogen and oxygen atoms in total. The van der Waals surface area contributed by atoms with Crippen LogP contribution in [0.15, 0.2) is 109 Å². The molecule has 0 amide bonds.